The van der Waals surface area contributed by atoms with E-state index in [1.807, 2.05) is 6.92 Å². The number of esters is 1. The average Bonchev–Trinajstić information content (AvgIpc) is 2.69. The molecule has 0 fully saturated rings. The van der Waals surface area contributed by atoms with Crippen molar-refractivity contribution in [3.63, 3.8) is 0 Å². The third-order valence-electron chi connectivity index (χ3n) is 3.77. The van der Waals surface area contributed by atoms with Crippen molar-refractivity contribution in [3.05, 3.63) is 59.7 Å². The molecule has 0 aromatic heterocycles. The van der Waals surface area contributed by atoms with Gasteiger partial charge in [0.15, 0.2) is 0 Å². The van der Waals surface area contributed by atoms with Gasteiger partial charge in [0.05, 0.1) is 12.7 Å². The molecule has 0 heterocycles. The molecule has 2 N–H and O–H groups in total. The van der Waals surface area contributed by atoms with Gasteiger partial charge in [-0.25, -0.2) is 4.79 Å². The lowest BCUT2D eigenvalue weighted by atomic mass is 10.1. The number of hydrogen-bond donors (Lipinski definition) is 2. The van der Waals surface area contributed by atoms with Crippen LogP contribution in [0.5, 0.6) is 5.75 Å². The SMILES string of the molecule is CCCC(=O)Nc1ccc(C(=O)OC/C(=N/O)c2ccc(OC)cc2)cc1. The van der Waals surface area contributed by atoms with E-state index in [-0.39, 0.29) is 18.2 Å². The van der Waals surface area contributed by atoms with Crippen molar-refractivity contribution in [3.8, 4) is 5.75 Å². The van der Waals surface area contributed by atoms with Crippen LogP contribution >= 0.6 is 0 Å². The highest BCUT2D eigenvalue weighted by molar-refractivity contribution is 6.03. The predicted molar refractivity (Wildman–Crippen MR) is 102 cm³/mol. The van der Waals surface area contributed by atoms with Crippen molar-refractivity contribution in [2.24, 2.45) is 5.16 Å². The van der Waals surface area contributed by atoms with E-state index >= 15 is 0 Å². The number of benzene rings is 2. The molecule has 27 heavy (non-hydrogen) atoms. The number of anilines is 1. The van der Waals surface area contributed by atoms with Crippen LogP contribution in [0.3, 0.4) is 0 Å². The Morgan fingerprint density at radius 2 is 1.67 bits per heavy atom. The molecule has 2 aromatic rings. The van der Waals surface area contributed by atoms with E-state index in [1.54, 1.807) is 55.6 Å². The Bertz CT molecular complexity index is 798. The minimum Gasteiger partial charge on any atom is -0.497 e. The molecule has 0 atom stereocenters. The molecule has 0 aliphatic heterocycles. The zero-order valence-corrected chi connectivity index (χ0v) is 15.3. The zero-order chi connectivity index (χ0) is 19.6. The minimum atomic E-state index is -0.559. The number of ether oxygens (including phenoxy) is 2. The molecular weight excluding hydrogens is 348 g/mol. The Morgan fingerprint density at radius 3 is 2.22 bits per heavy atom. The molecule has 7 nitrogen and oxygen atoms in total. The van der Waals surface area contributed by atoms with E-state index in [2.05, 4.69) is 10.5 Å². The molecule has 142 valence electrons. The second kappa shape index (κ2) is 9.96. The summed E-state index contributed by atoms with van der Waals surface area (Å²) in [5.41, 5.74) is 1.77. The Labute approximate surface area is 157 Å². The largest absolute Gasteiger partial charge is 0.497 e. The fourth-order valence-electron chi connectivity index (χ4n) is 2.31. The van der Waals surface area contributed by atoms with Gasteiger partial charge in [0.2, 0.25) is 5.91 Å². The first-order chi connectivity index (χ1) is 13.1. The summed E-state index contributed by atoms with van der Waals surface area (Å²) in [4.78, 5) is 23.7. The second-order valence-electron chi connectivity index (χ2n) is 5.73. The van der Waals surface area contributed by atoms with Gasteiger partial charge in [-0.1, -0.05) is 12.1 Å². The van der Waals surface area contributed by atoms with E-state index < -0.39 is 5.97 Å². The van der Waals surface area contributed by atoms with Gasteiger partial charge in [-0.05, 0) is 55.0 Å². The summed E-state index contributed by atoms with van der Waals surface area (Å²) in [6, 6.07) is 13.2. The molecular formula is C20H22N2O5. The maximum atomic E-state index is 12.2. The van der Waals surface area contributed by atoms with Crippen molar-refractivity contribution in [2.75, 3.05) is 19.0 Å². The fraction of sp³-hybridized carbons (Fsp3) is 0.250. The summed E-state index contributed by atoms with van der Waals surface area (Å²) in [7, 11) is 1.55. The van der Waals surface area contributed by atoms with Crippen LogP contribution in [-0.2, 0) is 9.53 Å². The lowest BCUT2D eigenvalue weighted by Crippen LogP contribution is -2.15. The van der Waals surface area contributed by atoms with Crippen LogP contribution in [0.25, 0.3) is 0 Å². The predicted octanol–water partition coefficient (Wildman–Crippen LogP) is 3.47. The first-order valence-electron chi connectivity index (χ1n) is 8.49. The normalized spacial score (nSPS) is 11.0. The summed E-state index contributed by atoms with van der Waals surface area (Å²) in [6.45, 7) is 1.74. The molecule has 0 radical (unpaired) electrons. The summed E-state index contributed by atoms with van der Waals surface area (Å²) >= 11 is 0. The Morgan fingerprint density at radius 1 is 1.04 bits per heavy atom. The van der Waals surface area contributed by atoms with Gasteiger partial charge >= 0.3 is 5.97 Å². The molecule has 2 rings (SSSR count). The molecule has 0 spiro atoms. The lowest BCUT2D eigenvalue weighted by Gasteiger charge is -2.09. The quantitative estimate of drug-likeness (QED) is 0.321. The number of carbonyl (C=O) groups excluding carboxylic acids is 2. The third kappa shape index (κ3) is 5.85. The van der Waals surface area contributed by atoms with Crippen molar-refractivity contribution in [1.82, 2.24) is 0 Å². The van der Waals surface area contributed by atoms with E-state index in [9.17, 15) is 14.8 Å². The fourth-order valence-corrected chi connectivity index (χ4v) is 2.31. The van der Waals surface area contributed by atoms with Crippen molar-refractivity contribution >= 4 is 23.3 Å². The maximum absolute atomic E-state index is 12.2. The maximum Gasteiger partial charge on any atom is 0.338 e. The van der Waals surface area contributed by atoms with Gasteiger partial charge in [-0.3, -0.25) is 4.79 Å². The average molecular weight is 370 g/mol. The monoisotopic (exact) mass is 370 g/mol. The topological polar surface area (TPSA) is 97.2 Å². The van der Waals surface area contributed by atoms with Gasteiger partial charge in [0.25, 0.3) is 0 Å². The molecule has 0 bridgehead atoms. The summed E-state index contributed by atoms with van der Waals surface area (Å²) in [6.07, 6.45) is 1.21. The zero-order valence-electron chi connectivity index (χ0n) is 15.3. The standard InChI is InChI=1S/C20H22N2O5/c1-3-4-19(23)21-16-9-5-15(6-10-16)20(24)27-13-18(22-25)14-7-11-17(26-2)12-8-14/h5-12,25H,3-4,13H2,1-2H3,(H,21,23)/b22-18-. The van der Waals surface area contributed by atoms with Crippen LogP contribution < -0.4 is 10.1 Å². The molecule has 1 amide bonds. The first-order valence-corrected chi connectivity index (χ1v) is 8.49. The van der Waals surface area contributed by atoms with Crippen molar-refractivity contribution in [1.29, 1.82) is 0 Å². The third-order valence-corrected chi connectivity index (χ3v) is 3.77. The van der Waals surface area contributed by atoms with Crippen molar-refractivity contribution < 1.29 is 24.3 Å². The van der Waals surface area contributed by atoms with Crippen LogP contribution in [0, 0.1) is 0 Å². The Kier molecular flexibility index (Phi) is 7.37. The Hall–Kier alpha value is -3.35. The van der Waals surface area contributed by atoms with Crippen LogP contribution in [0.4, 0.5) is 5.69 Å². The van der Waals surface area contributed by atoms with Gasteiger partial charge in [0.1, 0.15) is 18.1 Å². The second-order valence-corrected chi connectivity index (χ2v) is 5.73. The van der Waals surface area contributed by atoms with Gasteiger partial charge in [-0.15, -0.1) is 0 Å². The number of oxime groups is 1. The number of hydrogen-bond acceptors (Lipinski definition) is 6. The number of amides is 1. The first kappa shape index (κ1) is 20.0. The van der Waals surface area contributed by atoms with Crippen LogP contribution in [0.2, 0.25) is 0 Å². The molecule has 0 aliphatic carbocycles. The number of rotatable bonds is 8. The number of nitrogens with zero attached hydrogens (tertiary/aromatic N) is 1. The van der Waals surface area contributed by atoms with E-state index in [0.29, 0.717) is 29.0 Å². The van der Waals surface area contributed by atoms with E-state index in [0.717, 1.165) is 6.42 Å². The van der Waals surface area contributed by atoms with Crippen LogP contribution in [-0.4, -0.2) is 36.5 Å². The lowest BCUT2D eigenvalue weighted by molar-refractivity contribution is -0.116. The molecule has 0 saturated heterocycles. The molecule has 0 unspecified atom stereocenters. The van der Waals surface area contributed by atoms with Crippen LogP contribution in [0.1, 0.15) is 35.7 Å². The minimum absolute atomic E-state index is 0.0730. The van der Waals surface area contributed by atoms with E-state index in [1.165, 1.54) is 0 Å². The highest BCUT2D eigenvalue weighted by atomic mass is 16.5. The van der Waals surface area contributed by atoms with Gasteiger partial charge in [0, 0.05) is 17.7 Å². The summed E-state index contributed by atoms with van der Waals surface area (Å²) in [5.74, 6) is 0.0337. The van der Waals surface area contributed by atoms with Gasteiger partial charge in [-0.2, -0.15) is 0 Å². The van der Waals surface area contributed by atoms with Gasteiger partial charge < -0.3 is 20.0 Å². The number of carbonyl (C=O) groups is 2. The summed E-state index contributed by atoms with van der Waals surface area (Å²) < 4.78 is 10.3. The number of methoxy groups -OCH3 is 1. The molecule has 7 heteroatoms. The smallest absolute Gasteiger partial charge is 0.338 e. The highest BCUT2D eigenvalue weighted by Crippen LogP contribution is 2.14. The Balaban J connectivity index is 1.94. The van der Waals surface area contributed by atoms with E-state index in [4.69, 9.17) is 9.47 Å². The molecule has 0 aliphatic rings. The number of nitrogens with one attached hydrogen (secondary N) is 1. The molecule has 2 aromatic carbocycles. The van der Waals surface area contributed by atoms with Crippen LogP contribution in [0.15, 0.2) is 53.7 Å². The highest BCUT2D eigenvalue weighted by Gasteiger charge is 2.12. The molecule has 0 saturated carbocycles. The van der Waals surface area contributed by atoms with Crippen molar-refractivity contribution in [2.45, 2.75) is 19.8 Å². The summed E-state index contributed by atoms with van der Waals surface area (Å²) in [5, 5.41) is 15.1.